The molecule has 0 saturated carbocycles. The Balaban J connectivity index is 2.84. The van der Waals surface area contributed by atoms with Gasteiger partial charge in [-0.15, -0.1) is 0 Å². The highest BCUT2D eigenvalue weighted by atomic mass is 16.5. The number of methoxy groups -OCH3 is 2. The van der Waals surface area contributed by atoms with Gasteiger partial charge in [-0.3, -0.25) is 9.59 Å². The molecule has 86 valence electrons. The highest BCUT2D eigenvalue weighted by molar-refractivity contribution is 6.08. The molecule has 0 aliphatic heterocycles. The Hall–Kier alpha value is -1.84. The lowest BCUT2D eigenvalue weighted by molar-refractivity contribution is -0.143. The Morgan fingerprint density at radius 1 is 1.12 bits per heavy atom. The predicted molar refractivity (Wildman–Crippen MR) is 58.5 cm³/mol. The molecular weight excluding hydrogens is 208 g/mol. The molecular formula is C12H14O4. The molecule has 1 aromatic carbocycles. The van der Waals surface area contributed by atoms with Crippen LogP contribution in [0.25, 0.3) is 0 Å². The quantitative estimate of drug-likeness (QED) is 0.442. The number of hydrogen-bond acceptors (Lipinski definition) is 4. The van der Waals surface area contributed by atoms with Crippen LogP contribution in [-0.2, 0) is 9.53 Å². The van der Waals surface area contributed by atoms with E-state index in [1.807, 2.05) is 0 Å². The van der Waals surface area contributed by atoms with Crippen molar-refractivity contribution in [3.05, 3.63) is 29.8 Å². The first kappa shape index (κ1) is 12.2. The molecule has 0 fully saturated rings. The van der Waals surface area contributed by atoms with Crippen LogP contribution in [0.15, 0.2) is 24.3 Å². The summed E-state index contributed by atoms with van der Waals surface area (Å²) >= 11 is 0. The molecule has 0 amide bonds. The van der Waals surface area contributed by atoms with E-state index in [0.29, 0.717) is 11.3 Å². The Kier molecular flexibility index (Phi) is 4.05. The van der Waals surface area contributed by atoms with Gasteiger partial charge >= 0.3 is 5.97 Å². The summed E-state index contributed by atoms with van der Waals surface area (Å²) in [6.45, 7) is 1.53. The largest absolute Gasteiger partial charge is 0.497 e. The second-order valence-electron chi connectivity index (χ2n) is 3.34. The van der Waals surface area contributed by atoms with E-state index >= 15 is 0 Å². The first-order chi connectivity index (χ1) is 7.60. The smallest absolute Gasteiger partial charge is 0.316 e. The molecule has 16 heavy (non-hydrogen) atoms. The Labute approximate surface area is 94.2 Å². The molecule has 0 bridgehead atoms. The minimum atomic E-state index is -0.779. The molecule has 0 radical (unpaired) electrons. The van der Waals surface area contributed by atoms with Gasteiger partial charge in [-0.05, 0) is 31.2 Å². The lowest BCUT2D eigenvalue weighted by Gasteiger charge is -2.08. The van der Waals surface area contributed by atoms with Crippen LogP contribution in [0.1, 0.15) is 17.3 Å². The van der Waals surface area contributed by atoms with Gasteiger partial charge in [0, 0.05) is 5.56 Å². The van der Waals surface area contributed by atoms with Gasteiger partial charge in [-0.1, -0.05) is 0 Å². The van der Waals surface area contributed by atoms with Gasteiger partial charge in [0.05, 0.1) is 14.2 Å². The molecule has 1 aromatic rings. The average molecular weight is 222 g/mol. The molecule has 0 aromatic heterocycles. The lowest BCUT2D eigenvalue weighted by Crippen LogP contribution is -2.22. The minimum Gasteiger partial charge on any atom is -0.497 e. The van der Waals surface area contributed by atoms with Crippen molar-refractivity contribution in [3.8, 4) is 5.75 Å². The topological polar surface area (TPSA) is 52.6 Å². The summed E-state index contributed by atoms with van der Waals surface area (Å²) in [7, 11) is 2.81. The number of benzene rings is 1. The van der Waals surface area contributed by atoms with Gasteiger partial charge in [-0.25, -0.2) is 0 Å². The summed E-state index contributed by atoms with van der Waals surface area (Å²) in [6, 6.07) is 6.61. The third-order valence-corrected chi connectivity index (χ3v) is 2.32. The van der Waals surface area contributed by atoms with Crippen LogP contribution in [-0.4, -0.2) is 26.0 Å². The fourth-order valence-corrected chi connectivity index (χ4v) is 1.29. The predicted octanol–water partition coefficient (Wildman–Crippen LogP) is 1.69. The van der Waals surface area contributed by atoms with E-state index in [2.05, 4.69) is 4.74 Å². The third kappa shape index (κ3) is 2.59. The molecule has 4 heteroatoms. The van der Waals surface area contributed by atoms with E-state index in [1.165, 1.54) is 14.0 Å². The van der Waals surface area contributed by atoms with Crippen LogP contribution in [0.5, 0.6) is 5.75 Å². The summed E-state index contributed by atoms with van der Waals surface area (Å²) in [5.74, 6) is -0.893. The first-order valence-corrected chi connectivity index (χ1v) is 4.86. The summed E-state index contributed by atoms with van der Waals surface area (Å²) in [4.78, 5) is 23.0. The fourth-order valence-electron chi connectivity index (χ4n) is 1.29. The summed E-state index contributed by atoms with van der Waals surface area (Å²) in [5, 5.41) is 0. The molecule has 0 heterocycles. The van der Waals surface area contributed by atoms with E-state index in [0.717, 1.165) is 0 Å². The van der Waals surface area contributed by atoms with E-state index in [1.54, 1.807) is 31.4 Å². The van der Waals surface area contributed by atoms with Crippen molar-refractivity contribution in [2.45, 2.75) is 6.92 Å². The number of ketones is 1. The minimum absolute atomic E-state index is 0.255. The second kappa shape index (κ2) is 5.30. The average Bonchev–Trinajstić information content (AvgIpc) is 2.36. The fraction of sp³-hybridized carbons (Fsp3) is 0.333. The van der Waals surface area contributed by atoms with Gasteiger partial charge in [0.25, 0.3) is 0 Å². The van der Waals surface area contributed by atoms with Crippen LogP contribution in [0.2, 0.25) is 0 Å². The summed E-state index contributed by atoms with van der Waals surface area (Å²) < 4.78 is 9.49. The number of esters is 1. The highest BCUT2D eigenvalue weighted by Gasteiger charge is 2.23. The zero-order chi connectivity index (χ0) is 12.1. The van der Waals surface area contributed by atoms with Crippen molar-refractivity contribution in [1.82, 2.24) is 0 Å². The molecule has 0 aliphatic rings. The maximum Gasteiger partial charge on any atom is 0.316 e. The zero-order valence-electron chi connectivity index (χ0n) is 9.52. The van der Waals surface area contributed by atoms with E-state index < -0.39 is 11.9 Å². The molecule has 0 unspecified atom stereocenters. The van der Waals surface area contributed by atoms with E-state index in [9.17, 15) is 9.59 Å². The number of rotatable bonds is 4. The van der Waals surface area contributed by atoms with Crippen LogP contribution in [0.4, 0.5) is 0 Å². The van der Waals surface area contributed by atoms with Gasteiger partial charge < -0.3 is 9.47 Å². The maximum atomic E-state index is 11.8. The number of Topliss-reactive ketones (excluding diaryl/α,β-unsaturated/α-hetero) is 1. The Bertz CT molecular complexity index is 381. The van der Waals surface area contributed by atoms with Gasteiger partial charge in [0.1, 0.15) is 11.7 Å². The standard InChI is InChI=1S/C12H14O4/c1-8(12(14)16-3)11(13)9-4-6-10(15-2)7-5-9/h4-8H,1-3H3/t8-/m0/s1. The highest BCUT2D eigenvalue weighted by Crippen LogP contribution is 2.15. The van der Waals surface area contributed by atoms with Crippen molar-refractivity contribution in [1.29, 1.82) is 0 Å². The summed E-state index contributed by atoms with van der Waals surface area (Å²) in [5.41, 5.74) is 0.471. The molecule has 1 rings (SSSR count). The van der Waals surface area contributed by atoms with E-state index in [4.69, 9.17) is 4.74 Å². The Morgan fingerprint density at radius 3 is 2.12 bits per heavy atom. The second-order valence-corrected chi connectivity index (χ2v) is 3.34. The third-order valence-electron chi connectivity index (χ3n) is 2.32. The van der Waals surface area contributed by atoms with Gasteiger partial charge in [0.15, 0.2) is 5.78 Å². The van der Waals surface area contributed by atoms with Crippen molar-refractivity contribution >= 4 is 11.8 Å². The maximum absolute atomic E-state index is 11.8. The van der Waals surface area contributed by atoms with Gasteiger partial charge in [-0.2, -0.15) is 0 Å². The first-order valence-electron chi connectivity index (χ1n) is 4.86. The van der Waals surface area contributed by atoms with Crippen LogP contribution in [0.3, 0.4) is 0 Å². The normalized spacial score (nSPS) is 11.7. The van der Waals surface area contributed by atoms with Crippen LogP contribution in [0, 0.1) is 5.92 Å². The summed E-state index contributed by atoms with van der Waals surface area (Å²) in [6.07, 6.45) is 0. The van der Waals surface area contributed by atoms with Gasteiger partial charge in [0.2, 0.25) is 0 Å². The lowest BCUT2D eigenvalue weighted by atomic mass is 9.99. The SMILES string of the molecule is COC(=O)[C@@H](C)C(=O)c1ccc(OC)cc1. The van der Waals surface area contributed by atoms with Crippen molar-refractivity contribution in [2.24, 2.45) is 5.92 Å². The number of carbonyl (C=O) groups excluding carboxylic acids is 2. The zero-order valence-corrected chi connectivity index (χ0v) is 9.52. The number of ether oxygens (including phenoxy) is 2. The number of carbonyl (C=O) groups is 2. The molecule has 0 aliphatic carbocycles. The van der Waals surface area contributed by atoms with Crippen molar-refractivity contribution in [2.75, 3.05) is 14.2 Å². The molecule has 4 nitrogen and oxygen atoms in total. The molecule has 0 N–H and O–H groups in total. The van der Waals surface area contributed by atoms with Crippen molar-refractivity contribution < 1.29 is 19.1 Å². The molecule has 1 atom stereocenters. The number of hydrogen-bond donors (Lipinski definition) is 0. The van der Waals surface area contributed by atoms with E-state index in [-0.39, 0.29) is 5.78 Å². The van der Waals surface area contributed by atoms with Crippen molar-refractivity contribution in [3.63, 3.8) is 0 Å². The van der Waals surface area contributed by atoms with Crippen LogP contribution >= 0.6 is 0 Å². The molecule has 0 saturated heterocycles. The van der Waals surface area contributed by atoms with Crippen LogP contribution < -0.4 is 4.74 Å². The molecule has 0 spiro atoms. The Morgan fingerprint density at radius 2 is 1.69 bits per heavy atom. The monoisotopic (exact) mass is 222 g/mol.